The lowest BCUT2D eigenvalue weighted by atomic mass is 10.3. The first kappa shape index (κ1) is 23.5. The highest BCUT2D eigenvalue weighted by Crippen LogP contribution is 2.29. The van der Waals surface area contributed by atoms with Crippen LogP contribution in [0.2, 0.25) is 0 Å². The summed E-state index contributed by atoms with van der Waals surface area (Å²) in [5.74, 6) is 1.35. The zero-order valence-electron chi connectivity index (χ0n) is 15.2. The third-order valence-electron chi connectivity index (χ3n) is 3.51. The molecular formula is C16H23IN4O4S2. The predicted molar refractivity (Wildman–Crippen MR) is 119 cm³/mol. The number of anilines is 1. The Morgan fingerprint density at radius 1 is 1.26 bits per heavy atom. The molecular weight excluding hydrogens is 503 g/mol. The minimum absolute atomic E-state index is 0. The number of nitrogens with two attached hydrogens (primary N) is 1. The highest BCUT2D eigenvalue weighted by Gasteiger charge is 2.21. The van der Waals surface area contributed by atoms with Gasteiger partial charge >= 0.3 is 0 Å². The van der Waals surface area contributed by atoms with Crippen LogP contribution in [-0.2, 0) is 10.0 Å². The molecule has 0 bridgehead atoms. The van der Waals surface area contributed by atoms with Gasteiger partial charge in [0.15, 0.2) is 17.5 Å². The van der Waals surface area contributed by atoms with Gasteiger partial charge in [-0.2, -0.15) is 4.31 Å². The van der Waals surface area contributed by atoms with Gasteiger partial charge in [-0.25, -0.2) is 8.42 Å². The maximum Gasteiger partial charge on any atom is 0.252 e. The number of sulfonamides is 1. The van der Waals surface area contributed by atoms with Gasteiger partial charge in [-0.15, -0.1) is 35.3 Å². The molecule has 1 aromatic carbocycles. The van der Waals surface area contributed by atoms with Gasteiger partial charge in [0.25, 0.3) is 10.0 Å². The highest BCUT2D eigenvalue weighted by atomic mass is 127. The maximum absolute atomic E-state index is 12.3. The van der Waals surface area contributed by atoms with E-state index in [1.54, 1.807) is 49.9 Å². The minimum Gasteiger partial charge on any atom is -0.493 e. The molecule has 0 amide bonds. The monoisotopic (exact) mass is 526 g/mol. The number of likely N-dealkylation sites (N-methyl/N-ethyl adjacent to an activating group) is 1. The fraction of sp³-hybridized carbons (Fsp3) is 0.312. The number of methoxy groups -OCH3 is 2. The van der Waals surface area contributed by atoms with Gasteiger partial charge in [-0.05, 0) is 23.6 Å². The molecule has 150 valence electrons. The lowest BCUT2D eigenvalue weighted by Crippen LogP contribution is -2.30. The van der Waals surface area contributed by atoms with Crippen LogP contribution < -0.4 is 20.5 Å². The van der Waals surface area contributed by atoms with Crippen LogP contribution in [0.5, 0.6) is 11.5 Å². The molecule has 0 unspecified atom stereocenters. The van der Waals surface area contributed by atoms with Crippen molar-refractivity contribution in [3.8, 4) is 11.5 Å². The van der Waals surface area contributed by atoms with Crippen molar-refractivity contribution in [2.45, 2.75) is 4.21 Å². The van der Waals surface area contributed by atoms with E-state index in [1.807, 2.05) is 0 Å². The van der Waals surface area contributed by atoms with E-state index in [4.69, 9.17) is 15.2 Å². The molecule has 1 aromatic heterocycles. The molecule has 3 N–H and O–H groups in total. The highest BCUT2D eigenvalue weighted by molar-refractivity contribution is 14.0. The second-order valence-electron chi connectivity index (χ2n) is 5.22. The Morgan fingerprint density at radius 2 is 1.96 bits per heavy atom. The molecule has 8 nitrogen and oxygen atoms in total. The van der Waals surface area contributed by atoms with E-state index in [1.165, 1.54) is 22.7 Å². The number of ether oxygens (including phenoxy) is 2. The summed E-state index contributed by atoms with van der Waals surface area (Å²) in [6.07, 6.45) is 0. The number of benzene rings is 1. The molecule has 27 heavy (non-hydrogen) atoms. The molecule has 0 saturated heterocycles. The lowest BCUT2D eigenvalue weighted by Gasteiger charge is -2.15. The van der Waals surface area contributed by atoms with E-state index < -0.39 is 10.0 Å². The smallest absolute Gasteiger partial charge is 0.252 e. The second-order valence-corrected chi connectivity index (χ2v) is 8.44. The number of guanidine groups is 1. The third-order valence-corrected chi connectivity index (χ3v) is 6.74. The number of nitrogens with zero attached hydrogens (tertiary/aromatic N) is 2. The van der Waals surface area contributed by atoms with Gasteiger partial charge in [0.05, 0.1) is 20.8 Å². The minimum atomic E-state index is -3.48. The molecule has 0 saturated carbocycles. The van der Waals surface area contributed by atoms with Gasteiger partial charge in [0.2, 0.25) is 0 Å². The van der Waals surface area contributed by atoms with E-state index in [9.17, 15) is 8.42 Å². The van der Waals surface area contributed by atoms with Crippen LogP contribution in [0.15, 0.2) is 44.9 Å². The van der Waals surface area contributed by atoms with Crippen molar-refractivity contribution in [2.75, 3.05) is 39.7 Å². The van der Waals surface area contributed by atoms with E-state index in [0.717, 1.165) is 0 Å². The van der Waals surface area contributed by atoms with Gasteiger partial charge in [0.1, 0.15) is 4.21 Å². The van der Waals surface area contributed by atoms with Crippen molar-refractivity contribution in [3.05, 3.63) is 35.7 Å². The van der Waals surface area contributed by atoms with E-state index in [-0.39, 0.29) is 43.0 Å². The number of aliphatic imine (C=N–C) groups is 1. The Kier molecular flexibility index (Phi) is 9.29. The largest absolute Gasteiger partial charge is 0.493 e. The van der Waals surface area contributed by atoms with Gasteiger partial charge in [-0.1, -0.05) is 6.07 Å². The first-order valence-corrected chi connectivity index (χ1v) is 9.99. The molecule has 0 aliphatic carbocycles. The summed E-state index contributed by atoms with van der Waals surface area (Å²) >= 11 is 1.18. The normalized spacial score (nSPS) is 11.8. The Labute approximate surface area is 180 Å². The first-order valence-electron chi connectivity index (χ1n) is 7.67. The number of thiophene rings is 1. The average Bonchev–Trinajstić information content (AvgIpc) is 3.16. The predicted octanol–water partition coefficient (Wildman–Crippen LogP) is 2.43. The van der Waals surface area contributed by atoms with Gasteiger partial charge < -0.3 is 20.5 Å². The number of nitrogens with one attached hydrogen (secondary N) is 1. The Hall–Kier alpha value is -1.57. The van der Waals surface area contributed by atoms with Crippen LogP contribution in [-0.4, -0.2) is 53.0 Å². The molecule has 2 aromatic rings. The Bertz CT molecular complexity index is 857. The molecule has 0 fully saturated rings. The fourth-order valence-corrected chi connectivity index (χ4v) is 4.46. The van der Waals surface area contributed by atoms with Crippen molar-refractivity contribution in [3.63, 3.8) is 0 Å². The lowest BCUT2D eigenvalue weighted by molar-refractivity contribution is 0.355. The van der Waals surface area contributed by atoms with Crippen LogP contribution >= 0.6 is 35.3 Å². The summed E-state index contributed by atoms with van der Waals surface area (Å²) in [6, 6.07) is 8.53. The van der Waals surface area contributed by atoms with Crippen molar-refractivity contribution in [2.24, 2.45) is 10.7 Å². The Morgan fingerprint density at radius 3 is 2.56 bits per heavy atom. The number of hydrogen-bond acceptors (Lipinski definition) is 6. The van der Waals surface area contributed by atoms with Crippen LogP contribution in [0.3, 0.4) is 0 Å². The summed E-state index contributed by atoms with van der Waals surface area (Å²) in [7, 11) is 1.14. The van der Waals surface area contributed by atoms with Crippen molar-refractivity contribution < 1.29 is 17.9 Å². The van der Waals surface area contributed by atoms with Crippen LogP contribution in [0.4, 0.5) is 5.69 Å². The number of rotatable bonds is 8. The van der Waals surface area contributed by atoms with Gasteiger partial charge in [-0.3, -0.25) is 4.99 Å². The quantitative estimate of drug-likeness (QED) is 0.311. The fourth-order valence-electron chi connectivity index (χ4n) is 2.10. The number of hydrogen-bond donors (Lipinski definition) is 2. The molecule has 0 radical (unpaired) electrons. The summed E-state index contributed by atoms with van der Waals surface area (Å²) in [5.41, 5.74) is 6.54. The maximum atomic E-state index is 12.3. The molecule has 0 aliphatic heterocycles. The van der Waals surface area contributed by atoms with Crippen molar-refractivity contribution in [1.82, 2.24) is 4.31 Å². The zero-order valence-corrected chi connectivity index (χ0v) is 19.2. The summed E-state index contributed by atoms with van der Waals surface area (Å²) in [6.45, 7) is 0.446. The van der Waals surface area contributed by atoms with Crippen LogP contribution in [0.25, 0.3) is 0 Å². The summed E-state index contributed by atoms with van der Waals surface area (Å²) in [4.78, 5) is 4.16. The Balaban J connectivity index is 0.00000364. The molecule has 11 heteroatoms. The number of halogens is 1. The standard InChI is InChI=1S/C16H22N4O4S2.HI/c1-20(26(21,22)15-5-4-10-25-15)9-8-18-16(17)19-12-6-7-13(23-2)14(11-12)24-3;/h4-7,10-11H,8-9H2,1-3H3,(H3,17,18,19);1H. The first-order chi connectivity index (χ1) is 12.4. The molecule has 2 rings (SSSR count). The van der Waals surface area contributed by atoms with Crippen LogP contribution in [0.1, 0.15) is 0 Å². The molecule has 0 atom stereocenters. The summed E-state index contributed by atoms with van der Waals surface area (Å²) in [5, 5.41) is 4.66. The SMILES string of the molecule is COc1ccc(NC(N)=NCCN(C)S(=O)(=O)c2cccs2)cc1OC.I. The van der Waals surface area contributed by atoms with Crippen molar-refractivity contribution in [1.29, 1.82) is 0 Å². The average molecular weight is 526 g/mol. The topological polar surface area (TPSA) is 106 Å². The van der Waals surface area contributed by atoms with E-state index in [0.29, 0.717) is 21.4 Å². The molecule has 0 aliphatic rings. The third kappa shape index (κ3) is 6.23. The van der Waals surface area contributed by atoms with Crippen LogP contribution in [0, 0.1) is 0 Å². The second kappa shape index (κ2) is 10.7. The van der Waals surface area contributed by atoms with E-state index >= 15 is 0 Å². The van der Waals surface area contributed by atoms with E-state index in [2.05, 4.69) is 10.3 Å². The molecule has 1 heterocycles. The molecule has 0 spiro atoms. The van der Waals surface area contributed by atoms with Crippen molar-refractivity contribution >= 4 is 57.0 Å². The summed E-state index contributed by atoms with van der Waals surface area (Å²) < 4.78 is 36.6. The van der Waals surface area contributed by atoms with Gasteiger partial charge in [0, 0.05) is 25.3 Å². The zero-order chi connectivity index (χ0) is 19.2.